The molecule has 0 spiro atoms. The molecule has 0 saturated carbocycles. The third-order valence-electron chi connectivity index (χ3n) is 3.27. The molecule has 1 heterocycles. The molecular formula is C17H15ClN4O2. The van der Waals surface area contributed by atoms with Crippen molar-refractivity contribution in [1.29, 1.82) is 0 Å². The van der Waals surface area contributed by atoms with Gasteiger partial charge >= 0.3 is 6.03 Å². The van der Waals surface area contributed by atoms with Gasteiger partial charge in [-0.15, -0.1) is 0 Å². The fraction of sp³-hybridized carbons (Fsp3) is 0.0588. The van der Waals surface area contributed by atoms with Crippen LogP contribution in [0.4, 0.5) is 16.2 Å². The Balaban J connectivity index is 1.64. The largest absolute Gasteiger partial charge is 0.497 e. The van der Waals surface area contributed by atoms with Crippen LogP contribution in [0.5, 0.6) is 5.75 Å². The number of carbonyl (C=O) groups is 1. The second kappa shape index (κ2) is 7.06. The van der Waals surface area contributed by atoms with Crippen LogP contribution in [-0.2, 0) is 0 Å². The number of amides is 2. The first-order valence-electron chi connectivity index (χ1n) is 7.17. The van der Waals surface area contributed by atoms with Crippen molar-refractivity contribution >= 4 is 29.0 Å². The molecule has 1 aromatic heterocycles. The Morgan fingerprint density at radius 2 is 1.88 bits per heavy atom. The second-order valence-corrected chi connectivity index (χ2v) is 5.40. The van der Waals surface area contributed by atoms with Crippen molar-refractivity contribution < 1.29 is 9.53 Å². The van der Waals surface area contributed by atoms with Gasteiger partial charge in [0.1, 0.15) is 5.75 Å². The van der Waals surface area contributed by atoms with Crippen LogP contribution in [0.3, 0.4) is 0 Å². The normalized spacial score (nSPS) is 10.2. The number of hydrogen-bond acceptors (Lipinski definition) is 3. The molecule has 0 aliphatic carbocycles. The fourth-order valence-corrected chi connectivity index (χ4v) is 2.27. The number of anilines is 2. The lowest BCUT2D eigenvalue weighted by Gasteiger charge is -2.09. The molecule has 6 nitrogen and oxygen atoms in total. The van der Waals surface area contributed by atoms with E-state index < -0.39 is 0 Å². The molecule has 0 saturated heterocycles. The van der Waals surface area contributed by atoms with E-state index in [0.717, 1.165) is 5.69 Å². The maximum absolute atomic E-state index is 12.0. The van der Waals surface area contributed by atoms with Crippen LogP contribution in [0.2, 0.25) is 5.02 Å². The molecule has 3 aromatic rings. The molecule has 0 fully saturated rings. The highest BCUT2D eigenvalue weighted by Gasteiger charge is 2.05. The lowest BCUT2D eigenvalue weighted by atomic mass is 10.3. The molecule has 0 atom stereocenters. The highest BCUT2D eigenvalue weighted by Crippen LogP contribution is 2.18. The van der Waals surface area contributed by atoms with Crippen LogP contribution in [0, 0.1) is 0 Å². The van der Waals surface area contributed by atoms with Gasteiger partial charge in [-0.1, -0.05) is 17.7 Å². The first kappa shape index (κ1) is 15.9. The molecule has 0 radical (unpaired) electrons. The number of nitrogens with zero attached hydrogens (tertiary/aromatic N) is 2. The molecule has 3 rings (SSSR count). The first-order valence-corrected chi connectivity index (χ1v) is 7.54. The highest BCUT2D eigenvalue weighted by atomic mass is 35.5. The van der Waals surface area contributed by atoms with E-state index in [4.69, 9.17) is 16.3 Å². The Hall–Kier alpha value is -2.99. The smallest absolute Gasteiger partial charge is 0.323 e. The van der Waals surface area contributed by atoms with Crippen LogP contribution in [0.25, 0.3) is 5.69 Å². The van der Waals surface area contributed by atoms with Gasteiger partial charge in [-0.3, -0.25) is 0 Å². The van der Waals surface area contributed by atoms with Gasteiger partial charge in [0.05, 0.1) is 24.0 Å². The third kappa shape index (κ3) is 3.85. The summed E-state index contributed by atoms with van der Waals surface area (Å²) in [6.45, 7) is 0. The van der Waals surface area contributed by atoms with Crippen molar-refractivity contribution in [3.8, 4) is 11.4 Å². The van der Waals surface area contributed by atoms with Crippen LogP contribution in [-0.4, -0.2) is 22.9 Å². The van der Waals surface area contributed by atoms with Gasteiger partial charge in [0.25, 0.3) is 0 Å². The summed E-state index contributed by atoms with van der Waals surface area (Å²) in [5.41, 5.74) is 2.16. The van der Waals surface area contributed by atoms with Crippen LogP contribution >= 0.6 is 11.6 Å². The van der Waals surface area contributed by atoms with Crippen molar-refractivity contribution in [2.75, 3.05) is 17.7 Å². The summed E-state index contributed by atoms with van der Waals surface area (Å²) in [4.78, 5) is 12.0. The van der Waals surface area contributed by atoms with Crippen molar-refractivity contribution in [3.63, 3.8) is 0 Å². The van der Waals surface area contributed by atoms with Crippen molar-refractivity contribution in [3.05, 3.63) is 65.9 Å². The van der Waals surface area contributed by atoms with Crippen molar-refractivity contribution in [2.24, 2.45) is 0 Å². The van der Waals surface area contributed by atoms with Gasteiger partial charge in [0, 0.05) is 23.6 Å². The van der Waals surface area contributed by atoms with Crippen molar-refractivity contribution in [2.45, 2.75) is 0 Å². The average Bonchev–Trinajstić information content (AvgIpc) is 3.02. The minimum absolute atomic E-state index is 0.335. The summed E-state index contributed by atoms with van der Waals surface area (Å²) in [7, 11) is 1.58. The number of rotatable bonds is 4. The number of nitrogens with one attached hydrogen (secondary N) is 2. The molecule has 24 heavy (non-hydrogen) atoms. The van der Waals surface area contributed by atoms with Gasteiger partial charge in [-0.2, -0.15) is 5.10 Å². The average molecular weight is 343 g/mol. The van der Waals surface area contributed by atoms with Gasteiger partial charge < -0.3 is 15.4 Å². The van der Waals surface area contributed by atoms with E-state index >= 15 is 0 Å². The summed E-state index contributed by atoms with van der Waals surface area (Å²) in [5.74, 6) is 0.676. The third-order valence-corrected chi connectivity index (χ3v) is 3.46. The van der Waals surface area contributed by atoms with Crippen LogP contribution in [0.15, 0.2) is 60.9 Å². The van der Waals surface area contributed by atoms with Gasteiger partial charge in [0.15, 0.2) is 0 Å². The molecule has 2 amide bonds. The van der Waals surface area contributed by atoms with E-state index in [1.165, 1.54) is 0 Å². The van der Waals surface area contributed by atoms with E-state index in [1.807, 2.05) is 18.2 Å². The highest BCUT2D eigenvalue weighted by molar-refractivity contribution is 6.30. The van der Waals surface area contributed by atoms with E-state index in [0.29, 0.717) is 22.1 Å². The minimum Gasteiger partial charge on any atom is -0.497 e. The number of ether oxygens (including phenoxy) is 1. The second-order valence-electron chi connectivity index (χ2n) is 4.96. The summed E-state index contributed by atoms with van der Waals surface area (Å²) < 4.78 is 6.78. The van der Waals surface area contributed by atoms with Crippen molar-refractivity contribution in [1.82, 2.24) is 9.78 Å². The number of methoxy groups -OCH3 is 1. The fourth-order valence-electron chi connectivity index (χ4n) is 2.13. The molecule has 0 unspecified atom stereocenters. The quantitative estimate of drug-likeness (QED) is 0.747. The SMILES string of the molecule is COc1cccc(NC(=O)Nc2ccc(-n3cc(Cl)cn3)cc2)c1. The molecule has 0 aliphatic rings. The monoisotopic (exact) mass is 342 g/mol. The standard InChI is InChI=1S/C17H15ClN4O2/c1-24-16-4-2-3-14(9-16)21-17(23)20-13-5-7-15(8-6-13)22-11-12(18)10-19-22/h2-11H,1H3,(H2,20,21,23). The molecule has 2 aromatic carbocycles. The Kier molecular flexibility index (Phi) is 4.67. The first-order chi connectivity index (χ1) is 11.6. The maximum Gasteiger partial charge on any atom is 0.323 e. The maximum atomic E-state index is 12.0. The number of carbonyl (C=O) groups excluding carboxylic acids is 1. The van der Waals surface area contributed by atoms with Gasteiger partial charge in [0.2, 0.25) is 0 Å². The van der Waals surface area contributed by atoms with E-state index in [2.05, 4.69) is 15.7 Å². The number of benzene rings is 2. The zero-order chi connectivity index (χ0) is 16.9. The van der Waals surface area contributed by atoms with E-state index in [1.54, 1.807) is 54.5 Å². The van der Waals surface area contributed by atoms with E-state index in [-0.39, 0.29) is 6.03 Å². The molecular weight excluding hydrogens is 328 g/mol. The molecule has 7 heteroatoms. The number of aromatic nitrogens is 2. The van der Waals surface area contributed by atoms with Gasteiger partial charge in [-0.25, -0.2) is 9.48 Å². The van der Waals surface area contributed by atoms with E-state index in [9.17, 15) is 4.79 Å². The number of urea groups is 1. The summed E-state index contributed by atoms with van der Waals surface area (Å²) in [6, 6.07) is 14.1. The Morgan fingerprint density at radius 1 is 1.12 bits per heavy atom. The lowest BCUT2D eigenvalue weighted by Crippen LogP contribution is -2.19. The Labute approximate surface area is 144 Å². The Morgan fingerprint density at radius 3 is 2.54 bits per heavy atom. The molecule has 122 valence electrons. The predicted octanol–water partition coefficient (Wildman–Crippen LogP) is 4.18. The van der Waals surface area contributed by atoms with Gasteiger partial charge in [-0.05, 0) is 36.4 Å². The predicted molar refractivity (Wildman–Crippen MR) is 94.2 cm³/mol. The summed E-state index contributed by atoms with van der Waals surface area (Å²) >= 11 is 5.85. The molecule has 0 bridgehead atoms. The molecule has 0 aliphatic heterocycles. The van der Waals surface area contributed by atoms with Crippen LogP contribution < -0.4 is 15.4 Å². The zero-order valence-electron chi connectivity index (χ0n) is 12.9. The minimum atomic E-state index is -0.335. The topological polar surface area (TPSA) is 68.2 Å². The summed E-state index contributed by atoms with van der Waals surface area (Å²) in [6.07, 6.45) is 3.27. The number of hydrogen-bond donors (Lipinski definition) is 2. The Bertz CT molecular complexity index is 846. The summed E-state index contributed by atoms with van der Waals surface area (Å²) in [5, 5.41) is 10.2. The lowest BCUT2D eigenvalue weighted by molar-refractivity contribution is 0.262. The zero-order valence-corrected chi connectivity index (χ0v) is 13.6. The number of halogens is 1. The van der Waals surface area contributed by atoms with Crippen LogP contribution in [0.1, 0.15) is 0 Å². The molecule has 2 N–H and O–H groups in total.